The minimum Gasteiger partial charge on any atom is -0.446 e. The van der Waals surface area contributed by atoms with E-state index in [4.69, 9.17) is 4.74 Å². The average molecular weight is 269 g/mol. The van der Waals surface area contributed by atoms with Gasteiger partial charge in [0.15, 0.2) is 0 Å². The second-order valence-electron chi connectivity index (χ2n) is 6.51. The Labute approximate surface area is 116 Å². The van der Waals surface area contributed by atoms with Crippen molar-refractivity contribution in [3.63, 3.8) is 0 Å². The molecule has 1 saturated carbocycles. The van der Waals surface area contributed by atoms with Gasteiger partial charge in [0.25, 0.3) is 0 Å². The zero-order valence-corrected chi connectivity index (χ0v) is 12.6. The minimum atomic E-state index is -0.340. The Balaban J connectivity index is 2.42. The smallest absolute Gasteiger partial charge is 0.407 e. The van der Waals surface area contributed by atoms with Crippen LogP contribution in [0.3, 0.4) is 0 Å². The van der Waals surface area contributed by atoms with Crippen molar-refractivity contribution < 1.29 is 14.3 Å². The maximum Gasteiger partial charge on any atom is 0.407 e. The summed E-state index contributed by atoms with van der Waals surface area (Å²) in [5.74, 6) is 0.296. The molecule has 1 fully saturated rings. The van der Waals surface area contributed by atoms with Crippen molar-refractivity contribution in [2.75, 3.05) is 0 Å². The highest BCUT2D eigenvalue weighted by atomic mass is 16.6. The highest BCUT2D eigenvalue weighted by Crippen LogP contribution is 2.26. The van der Waals surface area contributed by atoms with E-state index < -0.39 is 0 Å². The molecule has 0 aromatic heterocycles. The first-order chi connectivity index (χ1) is 8.82. The fraction of sp³-hybridized carbons (Fsp3) is 0.867. The standard InChI is InChI=1S/C15H27NO3/c1-5-6-13(15(2,3)4)19-14(18)16-11-7-9-12(17)10-8-11/h11,13H,5-10H2,1-4H3,(H,16,18). The normalized spacial score (nSPS) is 19.1. The zero-order chi connectivity index (χ0) is 14.5. The number of amides is 1. The first-order valence-electron chi connectivity index (χ1n) is 7.31. The molecule has 0 radical (unpaired) electrons. The lowest BCUT2D eigenvalue weighted by atomic mass is 9.86. The predicted octanol–water partition coefficient (Wildman–Crippen LogP) is 3.44. The molecular formula is C15H27NO3. The van der Waals surface area contributed by atoms with E-state index in [9.17, 15) is 9.59 Å². The van der Waals surface area contributed by atoms with Crippen molar-refractivity contribution in [1.29, 1.82) is 0 Å². The summed E-state index contributed by atoms with van der Waals surface area (Å²) in [4.78, 5) is 23.1. The molecule has 4 nitrogen and oxygen atoms in total. The van der Waals surface area contributed by atoms with Crippen molar-refractivity contribution in [1.82, 2.24) is 5.32 Å². The number of hydrogen-bond donors (Lipinski definition) is 1. The van der Waals surface area contributed by atoms with Gasteiger partial charge >= 0.3 is 6.09 Å². The second kappa shape index (κ2) is 6.92. The van der Waals surface area contributed by atoms with Crippen LogP contribution in [-0.2, 0) is 9.53 Å². The van der Waals surface area contributed by atoms with Gasteiger partial charge in [0, 0.05) is 18.9 Å². The molecule has 0 bridgehead atoms. The van der Waals surface area contributed by atoms with Crippen LogP contribution in [0.4, 0.5) is 4.79 Å². The molecule has 0 aromatic carbocycles. The van der Waals surface area contributed by atoms with Crippen LogP contribution >= 0.6 is 0 Å². The number of nitrogens with one attached hydrogen (secondary N) is 1. The van der Waals surface area contributed by atoms with E-state index in [-0.39, 0.29) is 23.7 Å². The maximum absolute atomic E-state index is 11.9. The first kappa shape index (κ1) is 16.0. The van der Waals surface area contributed by atoms with Gasteiger partial charge in [-0.2, -0.15) is 0 Å². The molecule has 0 heterocycles. The van der Waals surface area contributed by atoms with Gasteiger partial charge in [0.1, 0.15) is 11.9 Å². The van der Waals surface area contributed by atoms with Gasteiger partial charge in [-0.1, -0.05) is 34.1 Å². The molecule has 0 aliphatic heterocycles. The van der Waals surface area contributed by atoms with Gasteiger partial charge in [-0.3, -0.25) is 4.79 Å². The molecule has 1 atom stereocenters. The number of ketones is 1. The number of ether oxygens (including phenoxy) is 1. The van der Waals surface area contributed by atoms with E-state index in [0.717, 1.165) is 25.7 Å². The number of hydrogen-bond acceptors (Lipinski definition) is 3. The molecule has 4 heteroatoms. The van der Waals surface area contributed by atoms with Crippen LogP contribution in [0.25, 0.3) is 0 Å². The summed E-state index contributed by atoms with van der Waals surface area (Å²) in [7, 11) is 0. The van der Waals surface area contributed by atoms with Crippen LogP contribution in [0.5, 0.6) is 0 Å². The maximum atomic E-state index is 11.9. The van der Waals surface area contributed by atoms with Crippen molar-refractivity contribution in [3.05, 3.63) is 0 Å². The summed E-state index contributed by atoms with van der Waals surface area (Å²) < 4.78 is 5.55. The van der Waals surface area contributed by atoms with Crippen molar-refractivity contribution >= 4 is 11.9 Å². The number of Topliss-reactive ketones (excluding diaryl/α,β-unsaturated/α-hetero) is 1. The number of alkyl carbamates (subject to hydrolysis) is 1. The molecule has 0 saturated heterocycles. The van der Waals surface area contributed by atoms with Gasteiger partial charge in [0.05, 0.1) is 0 Å². The van der Waals surface area contributed by atoms with Crippen LogP contribution in [-0.4, -0.2) is 24.0 Å². The van der Waals surface area contributed by atoms with E-state index in [1.807, 2.05) is 0 Å². The van der Waals surface area contributed by atoms with Gasteiger partial charge in [0.2, 0.25) is 0 Å². The van der Waals surface area contributed by atoms with Crippen LogP contribution in [0.15, 0.2) is 0 Å². The van der Waals surface area contributed by atoms with Gasteiger partial charge < -0.3 is 10.1 Å². The van der Waals surface area contributed by atoms with E-state index in [1.54, 1.807) is 0 Å². The molecule has 1 N–H and O–H groups in total. The van der Waals surface area contributed by atoms with Gasteiger partial charge in [-0.05, 0) is 24.7 Å². The fourth-order valence-corrected chi connectivity index (χ4v) is 2.34. The molecule has 1 unspecified atom stereocenters. The lowest BCUT2D eigenvalue weighted by Crippen LogP contribution is -2.42. The predicted molar refractivity (Wildman–Crippen MR) is 75.0 cm³/mol. The minimum absolute atomic E-state index is 0.0458. The highest BCUT2D eigenvalue weighted by molar-refractivity contribution is 5.79. The lowest BCUT2D eigenvalue weighted by molar-refractivity contribution is -0.120. The molecule has 0 spiro atoms. The fourth-order valence-electron chi connectivity index (χ4n) is 2.34. The quantitative estimate of drug-likeness (QED) is 0.850. The molecule has 1 amide bonds. The SMILES string of the molecule is CCCC(OC(=O)NC1CCC(=O)CC1)C(C)(C)C. The summed E-state index contributed by atoms with van der Waals surface area (Å²) in [6, 6.07) is 0.0902. The van der Waals surface area contributed by atoms with E-state index >= 15 is 0 Å². The van der Waals surface area contributed by atoms with Crippen LogP contribution in [0.1, 0.15) is 66.2 Å². The summed E-state index contributed by atoms with van der Waals surface area (Å²) in [6.07, 6.45) is 4.08. The highest BCUT2D eigenvalue weighted by Gasteiger charge is 2.28. The van der Waals surface area contributed by atoms with Gasteiger partial charge in [-0.15, -0.1) is 0 Å². The third-order valence-corrected chi connectivity index (χ3v) is 3.63. The Morgan fingerprint density at radius 2 is 1.95 bits per heavy atom. The van der Waals surface area contributed by atoms with Crippen molar-refractivity contribution in [3.8, 4) is 0 Å². The Morgan fingerprint density at radius 1 is 1.37 bits per heavy atom. The monoisotopic (exact) mass is 269 g/mol. The van der Waals surface area contributed by atoms with Crippen LogP contribution in [0, 0.1) is 5.41 Å². The Bertz CT molecular complexity index is 310. The Hall–Kier alpha value is -1.06. The Morgan fingerprint density at radius 3 is 2.42 bits per heavy atom. The Kier molecular flexibility index (Phi) is 5.83. The van der Waals surface area contributed by atoms with Gasteiger partial charge in [-0.25, -0.2) is 4.79 Å². The summed E-state index contributed by atoms with van der Waals surface area (Å²) in [5, 5.41) is 2.89. The molecular weight excluding hydrogens is 242 g/mol. The first-order valence-corrected chi connectivity index (χ1v) is 7.31. The third-order valence-electron chi connectivity index (χ3n) is 3.63. The molecule has 110 valence electrons. The zero-order valence-electron chi connectivity index (χ0n) is 12.6. The van der Waals surface area contributed by atoms with E-state index in [2.05, 4.69) is 33.0 Å². The number of rotatable bonds is 4. The summed E-state index contributed by atoms with van der Waals surface area (Å²) >= 11 is 0. The number of carbonyl (C=O) groups is 2. The molecule has 1 rings (SSSR count). The van der Waals surface area contributed by atoms with Crippen LogP contribution < -0.4 is 5.32 Å². The summed E-state index contributed by atoms with van der Waals surface area (Å²) in [6.45, 7) is 8.34. The third kappa shape index (κ3) is 5.62. The second-order valence-corrected chi connectivity index (χ2v) is 6.51. The largest absolute Gasteiger partial charge is 0.446 e. The molecule has 1 aliphatic carbocycles. The van der Waals surface area contributed by atoms with Crippen molar-refractivity contribution in [2.24, 2.45) is 5.41 Å². The van der Waals surface area contributed by atoms with E-state index in [1.165, 1.54) is 0 Å². The molecule has 19 heavy (non-hydrogen) atoms. The molecule has 0 aromatic rings. The van der Waals surface area contributed by atoms with E-state index in [0.29, 0.717) is 18.6 Å². The molecule has 1 aliphatic rings. The number of carbonyl (C=O) groups excluding carboxylic acids is 2. The van der Waals surface area contributed by atoms with Crippen molar-refractivity contribution in [2.45, 2.75) is 78.4 Å². The average Bonchev–Trinajstić information content (AvgIpc) is 2.30. The summed E-state index contributed by atoms with van der Waals surface area (Å²) in [5.41, 5.74) is -0.0458. The van der Waals surface area contributed by atoms with Crippen LogP contribution in [0.2, 0.25) is 0 Å². The lowest BCUT2D eigenvalue weighted by Gasteiger charge is -2.31. The topological polar surface area (TPSA) is 55.4 Å².